The Hall–Kier alpha value is -0.960. The van der Waals surface area contributed by atoms with Crippen molar-refractivity contribution in [1.29, 1.82) is 5.26 Å². The Balaban J connectivity index is 2.03. The van der Waals surface area contributed by atoms with Crippen molar-refractivity contribution in [2.75, 3.05) is 13.2 Å². The Morgan fingerprint density at radius 1 is 1.61 bits per heavy atom. The number of ether oxygens (including phenoxy) is 1. The molecule has 1 aromatic carbocycles. The average Bonchev–Trinajstić information content (AvgIpc) is 2.87. The molecule has 0 bridgehead atoms. The first-order valence-corrected chi connectivity index (χ1v) is 6.69. The first-order valence-electron chi connectivity index (χ1n) is 5.90. The quantitative estimate of drug-likeness (QED) is 0.929. The summed E-state index contributed by atoms with van der Waals surface area (Å²) in [6, 6.07) is 5.97. The van der Waals surface area contributed by atoms with Crippen molar-refractivity contribution in [3.05, 3.63) is 34.1 Å². The van der Waals surface area contributed by atoms with Gasteiger partial charge in [-0.2, -0.15) is 5.26 Å². The van der Waals surface area contributed by atoms with Crippen LogP contribution in [-0.4, -0.2) is 19.3 Å². The second-order valence-electron chi connectivity index (χ2n) is 4.27. The Morgan fingerprint density at radius 3 is 3.11 bits per heavy atom. The summed E-state index contributed by atoms with van der Waals surface area (Å²) in [6.45, 7) is 1.40. The van der Waals surface area contributed by atoms with E-state index in [1.165, 1.54) is 12.1 Å². The number of hydrogen-bond acceptors (Lipinski definition) is 3. The van der Waals surface area contributed by atoms with E-state index in [-0.39, 0.29) is 11.9 Å². The molecule has 1 aliphatic heterocycles. The second-order valence-corrected chi connectivity index (χ2v) is 5.13. The molecule has 0 radical (unpaired) electrons. The fraction of sp³-hybridized carbons (Fsp3) is 0.462. The van der Waals surface area contributed by atoms with Gasteiger partial charge < -0.3 is 4.74 Å². The lowest BCUT2D eigenvalue weighted by molar-refractivity contribution is 0.109. The van der Waals surface area contributed by atoms with Crippen LogP contribution in [0.1, 0.15) is 24.4 Å². The monoisotopic (exact) mass is 312 g/mol. The van der Waals surface area contributed by atoms with Gasteiger partial charge in [0.25, 0.3) is 0 Å². The smallest absolute Gasteiger partial charge is 0.123 e. The van der Waals surface area contributed by atoms with Crippen LogP contribution < -0.4 is 5.32 Å². The van der Waals surface area contributed by atoms with E-state index < -0.39 is 6.04 Å². The van der Waals surface area contributed by atoms with Crippen LogP contribution in [-0.2, 0) is 4.74 Å². The molecule has 1 aliphatic rings. The number of halogens is 2. The van der Waals surface area contributed by atoms with Crippen molar-refractivity contribution in [2.45, 2.75) is 25.0 Å². The average molecular weight is 313 g/mol. The molecule has 5 heteroatoms. The van der Waals surface area contributed by atoms with Crippen molar-refractivity contribution in [3.8, 4) is 6.07 Å². The minimum Gasteiger partial charge on any atom is -0.377 e. The van der Waals surface area contributed by atoms with Crippen molar-refractivity contribution >= 4 is 15.9 Å². The van der Waals surface area contributed by atoms with Gasteiger partial charge in [-0.1, -0.05) is 15.9 Å². The van der Waals surface area contributed by atoms with E-state index >= 15 is 0 Å². The highest BCUT2D eigenvalue weighted by Crippen LogP contribution is 2.24. The van der Waals surface area contributed by atoms with Crippen molar-refractivity contribution in [3.63, 3.8) is 0 Å². The lowest BCUT2D eigenvalue weighted by Crippen LogP contribution is -2.29. The molecule has 1 aromatic rings. The van der Waals surface area contributed by atoms with E-state index in [0.29, 0.717) is 12.1 Å². The highest BCUT2D eigenvalue weighted by Gasteiger charge is 2.19. The number of nitrogens with one attached hydrogen (secondary N) is 1. The van der Waals surface area contributed by atoms with E-state index in [1.54, 1.807) is 6.07 Å². The summed E-state index contributed by atoms with van der Waals surface area (Å²) in [7, 11) is 0. The third-order valence-corrected chi connectivity index (χ3v) is 3.69. The summed E-state index contributed by atoms with van der Waals surface area (Å²) >= 11 is 3.34. The Bertz CT molecular complexity index is 455. The van der Waals surface area contributed by atoms with Gasteiger partial charge >= 0.3 is 0 Å². The third-order valence-electron chi connectivity index (χ3n) is 2.97. The lowest BCUT2D eigenvalue weighted by Gasteiger charge is -2.16. The highest BCUT2D eigenvalue weighted by atomic mass is 79.9. The van der Waals surface area contributed by atoms with Crippen LogP contribution in [0.2, 0.25) is 0 Å². The molecule has 1 saturated heterocycles. The molecule has 0 aromatic heterocycles. The number of benzene rings is 1. The molecule has 2 rings (SSSR count). The van der Waals surface area contributed by atoms with Gasteiger partial charge in [0.2, 0.25) is 0 Å². The van der Waals surface area contributed by atoms with E-state index in [9.17, 15) is 9.65 Å². The molecule has 0 amide bonds. The SMILES string of the molecule is N#CC(NCC1CCCO1)c1cc(F)ccc1Br. The second kappa shape index (κ2) is 6.28. The Labute approximate surface area is 114 Å². The van der Waals surface area contributed by atoms with E-state index in [0.717, 1.165) is 23.9 Å². The van der Waals surface area contributed by atoms with Gasteiger partial charge in [0.15, 0.2) is 0 Å². The zero-order valence-corrected chi connectivity index (χ0v) is 11.4. The maximum absolute atomic E-state index is 13.2. The first kappa shape index (κ1) is 13.5. The number of hydrogen-bond donors (Lipinski definition) is 1. The van der Waals surface area contributed by atoms with Gasteiger partial charge in [-0.05, 0) is 31.0 Å². The minimum absolute atomic E-state index is 0.160. The lowest BCUT2D eigenvalue weighted by atomic mass is 10.1. The van der Waals surface area contributed by atoms with Crippen LogP contribution in [0.5, 0.6) is 0 Å². The van der Waals surface area contributed by atoms with Gasteiger partial charge in [-0.3, -0.25) is 5.32 Å². The fourth-order valence-electron chi connectivity index (χ4n) is 2.02. The van der Waals surface area contributed by atoms with Gasteiger partial charge in [-0.25, -0.2) is 4.39 Å². The van der Waals surface area contributed by atoms with Crippen LogP contribution >= 0.6 is 15.9 Å². The summed E-state index contributed by atoms with van der Waals surface area (Å²) in [6.07, 6.45) is 2.23. The normalized spacial score (nSPS) is 20.6. The molecule has 1 N–H and O–H groups in total. The summed E-state index contributed by atoms with van der Waals surface area (Å²) in [5.41, 5.74) is 0.621. The molecule has 0 aliphatic carbocycles. The molecule has 1 fully saturated rings. The number of rotatable bonds is 4. The molecule has 0 spiro atoms. The molecule has 18 heavy (non-hydrogen) atoms. The number of nitriles is 1. The molecule has 3 nitrogen and oxygen atoms in total. The van der Waals surface area contributed by atoms with Crippen LogP contribution in [0.4, 0.5) is 4.39 Å². The van der Waals surface area contributed by atoms with Crippen LogP contribution in [0.15, 0.2) is 22.7 Å². The molecule has 0 saturated carbocycles. The Morgan fingerprint density at radius 2 is 2.44 bits per heavy atom. The van der Waals surface area contributed by atoms with E-state index in [4.69, 9.17) is 4.74 Å². The minimum atomic E-state index is -0.528. The molecule has 2 unspecified atom stereocenters. The summed E-state index contributed by atoms with van der Waals surface area (Å²) < 4.78 is 19.4. The fourth-order valence-corrected chi connectivity index (χ4v) is 2.49. The van der Waals surface area contributed by atoms with Crippen LogP contribution in [0.25, 0.3) is 0 Å². The molecular weight excluding hydrogens is 299 g/mol. The van der Waals surface area contributed by atoms with Crippen molar-refractivity contribution in [1.82, 2.24) is 5.32 Å². The van der Waals surface area contributed by atoms with E-state index in [2.05, 4.69) is 27.3 Å². The van der Waals surface area contributed by atoms with Gasteiger partial charge in [-0.15, -0.1) is 0 Å². The van der Waals surface area contributed by atoms with Gasteiger partial charge in [0.05, 0.1) is 12.2 Å². The summed E-state index contributed by atoms with van der Waals surface area (Å²) in [4.78, 5) is 0. The van der Waals surface area contributed by atoms with Crippen molar-refractivity contribution in [2.24, 2.45) is 0 Å². The molecule has 96 valence electrons. The largest absolute Gasteiger partial charge is 0.377 e. The number of nitrogens with zero attached hydrogens (tertiary/aromatic N) is 1. The predicted molar refractivity (Wildman–Crippen MR) is 69.4 cm³/mol. The van der Waals surface area contributed by atoms with Crippen LogP contribution in [0, 0.1) is 17.1 Å². The third kappa shape index (κ3) is 3.29. The zero-order valence-electron chi connectivity index (χ0n) is 9.83. The maximum Gasteiger partial charge on any atom is 0.123 e. The van der Waals surface area contributed by atoms with Gasteiger partial charge in [0.1, 0.15) is 11.9 Å². The van der Waals surface area contributed by atoms with E-state index in [1.807, 2.05) is 0 Å². The highest BCUT2D eigenvalue weighted by molar-refractivity contribution is 9.10. The standard InChI is InChI=1S/C13H14BrFN2O/c14-12-4-3-9(15)6-11(12)13(7-16)17-8-10-2-1-5-18-10/h3-4,6,10,13,17H,1-2,5,8H2. The van der Waals surface area contributed by atoms with Crippen LogP contribution in [0.3, 0.4) is 0 Å². The van der Waals surface area contributed by atoms with Crippen molar-refractivity contribution < 1.29 is 9.13 Å². The maximum atomic E-state index is 13.2. The summed E-state index contributed by atoms with van der Waals surface area (Å²) in [5, 5.41) is 12.3. The summed E-state index contributed by atoms with van der Waals surface area (Å²) in [5.74, 6) is -0.340. The predicted octanol–water partition coefficient (Wildman–Crippen LogP) is 2.92. The molecule has 2 atom stereocenters. The topological polar surface area (TPSA) is 45.0 Å². The zero-order chi connectivity index (χ0) is 13.0. The Kier molecular flexibility index (Phi) is 4.70. The molecule has 1 heterocycles. The molecular formula is C13H14BrFN2O. The van der Waals surface area contributed by atoms with Gasteiger partial charge in [0, 0.05) is 23.2 Å². The first-order chi connectivity index (χ1) is 8.70.